The molecule has 2 N–H and O–H groups in total. The summed E-state index contributed by atoms with van der Waals surface area (Å²) in [6.07, 6.45) is 1.56. The van der Waals surface area contributed by atoms with Crippen molar-refractivity contribution in [1.29, 1.82) is 0 Å². The maximum absolute atomic E-state index is 12.6. The van der Waals surface area contributed by atoms with Crippen molar-refractivity contribution in [2.75, 3.05) is 12.8 Å². The van der Waals surface area contributed by atoms with Crippen LogP contribution in [0.2, 0.25) is 5.02 Å². The summed E-state index contributed by atoms with van der Waals surface area (Å²) in [4.78, 5) is 24.0. The van der Waals surface area contributed by atoms with Gasteiger partial charge in [0, 0.05) is 42.3 Å². The summed E-state index contributed by atoms with van der Waals surface area (Å²) in [5.74, 6) is -0.862. The normalized spacial score (nSPS) is 10.5. The van der Waals surface area contributed by atoms with E-state index in [1.54, 1.807) is 38.3 Å². The smallest absolute Gasteiger partial charge is 0.545 e. The zero-order valence-corrected chi connectivity index (χ0v) is 20.8. The molecular formula is C20H19ClKN3O5. The number of aromatic carboxylic acids is 1. The maximum Gasteiger partial charge on any atom is 1.00 e. The third-order valence-corrected chi connectivity index (χ3v) is 5.00. The number of aromatic nitrogens is 2. The van der Waals surface area contributed by atoms with Gasteiger partial charge in [0.15, 0.2) is 11.5 Å². The number of ether oxygens (including phenoxy) is 1. The van der Waals surface area contributed by atoms with E-state index >= 15 is 0 Å². The van der Waals surface area contributed by atoms with Crippen molar-refractivity contribution < 1.29 is 75.3 Å². The van der Waals surface area contributed by atoms with Crippen LogP contribution in [0.4, 0.5) is 5.82 Å². The number of carbonyl (C=O) groups excluding carboxylic acids is 2. The van der Waals surface area contributed by atoms with Crippen LogP contribution in [0, 0.1) is 0 Å². The van der Waals surface area contributed by atoms with E-state index in [1.807, 2.05) is 0 Å². The first-order valence-corrected chi connectivity index (χ1v) is 9.26. The second-order valence-corrected chi connectivity index (χ2v) is 6.67. The first-order valence-electron chi connectivity index (χ1n) is 8.88. The Morgan fingerprint density at radius 1 is 1.30 bits per heavy atom. The minimum atomic E-state index is -1.49. The van der Waals surface area contributed by atoms with Gasteiger partial charge in [-0.05, 0) is 31.2 Å². The average Bonchev–Trinajstić information content (AvgIpc) is 3.25. The van der Waals surface area contributed by atoms with Gasteiger partial charge in [-0.2, -0.15) is 0 Å². The Bertz CT molecular complexity index is 1060. The number of hydrogen-bond donors (Lipinski definition) is 1. The molecule has 0 amide bonds. The third-order valence-electron chi connectivity index (χ3n) is 4.61. The molecule has 3 aromatic rings. The summed E-state index contributed by atoms with van der Waals surface area (Å²) >= 11 is 6.37. The molecule has 2 heterocycles. The van der Waals surface area contributed by atoms with Gasteiger partial charge < -0.3 is 29.5 Å². The van der Waals surface area contributed by atoms with Gasteiger partial charge in [0.1, 0.15) is 22.3 Å². The number of nitrogen functional groups attached to an aromatic ring is 1. The number of methoxy groups -OCH3 is 1. The number of halogens is 1. The van der Waals surface area contributed by atoms with Crippen LogP contribution in [0.25, 0.3) is 11.3 Å². The van der Waals surface area contributed by atoms with Gasteiger partial charge in [-0.3, -0.25) is 4.79 Å². The van der Waals surface area contributed by atoms with Crippen LogP contribution in [0.15, 0.2) is 35.0 Å². The van der Waals surface area contributed by atoms with Crippen LogP contribution >= 0.6 is 11.6 Å². The van der Waals surface area contributed by atoms with Crippen LogP contribution in [0.3, 0.4) is 0 Å². The number of aryl methyl sites for hydroxylation is 2. The van der Waals surface area contributed by atoms with Gasteiger partial charge >= 0.3 is 51.4 Å². The predicted octanol–water partition coefficient (Wildman–Crippen LogP) is -0.410. The number of rotatable bonds is 8. The van der Waals surface area contributed by atoms with Crippen LogP contribution in [0.5, 0.6) is 5.75 Å². The summed E-state index contributed by atoms with van der Waals surface area (Å²) in [6.45, 7) is 2.22. The average molecular weight is 456 g/mol. The maximum atomic E-state index is 12.6. The fourth-order valence-electron chi connectivity index (χ4n) is 3.02. The van der Waals surface area contributed by atoms with E-state index in [-0.39, 0.29) is 81.2 Å². The Kier molecular flexibility index (Phi) is 8.71. The number of Topliss-reactive ketones (excluding diaryl/α,β-unsaturated/α-hetero) is 1. The minimum absolute atomic E-state index is 0. The molecule has 152 valence electrons. The van der Waals surface area contributed by atoms with Crippen molar-refractivity contribution in [2.45, 2.75) is 26.3 Å². The van der Waals surface area contributed by atoms with Crippen molar-refractivity contribution in [1.82, 2.24) is 9.72 Å². The van der Waals surface area contributed by atoms with Gasteiger partial charge in [0.2, 0.25) is 0 Å². The molecule has 0 radical (unpaired) electrons. The van der Waals surface area contributed by atoms with Crippen molar-refractivity contribution in [3.63, 3.8) is 0 Å². The second kappa shape index (κ2) is 10.6. The topological polar surface area (TPSA) is 123 Å². The molecule has 0 atom stereocenters. The number of carbonyl (C=O) groups is 2. The Hall–Kier alpha value is -1.62. The van der Waals surface area contributed by atoms with Crippen molar-refractivity contribution in [2.24, 2.45) is 0 Å². The SMILES string of the molecule is CCn1cc(C(=O)CCc2onc(-c3ccc(OC)cc3)c2Cl)c(C(=O)[O-])c1N.[K+]. The van der Waals surface area contributed by atoms with Gasteiger partial charge in [0.05, 0.1) is 13.1 Å². The van der Waals surface area contributed by atoms with Crippen LogP contribution < -0.4 is 67.0 Å². The number of carboxylic acids is 1. The summed E-state index contributed by atoms with van der Waals surface area (Å²) in [5, 5.41) is 15.7. The Balaban J connectivity index is 0.00000320. The van der Waals surface area contributed by atoms with Crippen LogP contribution in [-0.2, 0) is 13.0 Å². The number of benzene rings is 1. The zero-order chi connectivity index (χ0) is 21.1. The van der Waals surface area contributed by atoms with Gasteiger partial charge in [0.25, 0.3) is 0 Å². The Morgan fingerprint density at radius 3 is 2.53 bits per heavy atom. The van der Waals surface area contributed by atoms with Gasteiger partial charge in [-0.15, -0.1) is 0 Å². The number of carboxylic acid groups (broad SMARTS) is 1. The van der Waals surface area contributed by atoms with E-state index in [2.05, 4.69) is 5.16 Å². The molecule has 0 fully saturated rings. The number of anilines is 1. The predicted molar refractivity (Wildman–Crippen MR) is 105 cm³/mol. The molecule has 30 heavy (non-hydrogen) atoms. The van der Waals surface area contributed by atoms with Crippen LogP contribution in [0.1, 0.15) is 39.8 Å². The van der Waals surface area contributed by atoms with Gasteiger partial charge in [-0.1, -0.05) is 16.8 Å². The fraction of sp³-hybridized carbons (Fsp3) is 0.250. The molecule has 0 aliphatic rings. The minimum Gasteiger partial charge on any atom is -0.545 e. The van der Waals surface area contributed by atoms with Crippen molar-refractivity contribution in [3.8, 4) is 17.0 Å². The molecule has 0 aliphatic carbocycles. The molecule has 0 bridgehead atoms. The summed E-state index contributed by atoms with van der Waals surface area (Å²) in [6, 6.07) is 7.13. The van der Waals surface area contributed by atoms with Crippen molar-refractivity contribution in [3.05, 3.63) is 52.4 Å². The largest absolute Gasteiger partial charge is 1.00 e. The second-order valence-electron chi connectivity index (χ2n) is 6.30. The van der Waals surface area contributed by atoms with E-state index in [0.717, 1.165) is 5.56 Å². The summed E-state index contributed by atoms with van der Waals surface area (Å²) < 4.78 is 11.9. The molecular weight excluding hydrogens is 437 g/mol. The van der Waals surface area contributed by atoms with E-state index in [9.17, 15) is 14.7 Å². The van der Waals surface area contributed by atoms with Crippen molar-refractivity contribution >= 4 is 29.2 Å². The summed E-state index contributed by atoms with van der Waals surface area (Å²) in [7, 11) is 1.57. The monoisotopic (exact) mass is 455 g/mol. The molecule has 1 aromatic carbocycles. The fourth-order valence-corrected chi connectivity index (χ4v) is 3.29. The number of nitrogens with zero attached hydrogens (tertiary/aromatic N) is 2. The first-order chi connectivity index (χ1) is 13.9. The Labute approximate surface area is 220 Å². The molecule has 8 nitrogen and oxygen atoms in total. The van der Waals surface area contributed by atoms with E-state index < -0.39 is 11.8 Å². The first kappa shape index (κ1) is 24.6. The number of hydrogen-bond acceptors (Lipinski definition) is 7. The molecule has 3 rings (SSSR count). The molecule has 0 aliphatic heterocycles. The molecule has 0 saturated heterocycles. The number of ketones is 1. The molecule has 0 saturated carbocycles. The molecule has 10 heteroatoms. The van der Waals surface area contributed by atoms with E-state index in [4.69, 9.17) is 26.6 Å². The number of nitrogens with two attached hydrogens (primary N) is 1. The quantitative estimate of drug-likeness (QED) is 0.361. The van der Waals surface area contributed by atoms with Crippen LogP contribution in [-0.4, -0.2) is 28.6 Å². The van der Waals surface area contributed by atoms with Gasteiger partial charge in [-0.25, -0.2) is 0 Å². The zero-order valence-electron chi connectivity index (χ0n) is 16.9. The molecule has 2 aromatic heterocycles. The molecule has 0 spiro atoms. The Morgan fingerprint density at radius 2 is 1.97 bits per heavy atom. The summed E-state index contributed by atoms with van der Waals surface area (Å²) in [5.41, 5.74) is 6.71. The van der Waals surface area contributed by atoms with E-state index in [0.29, 0.717) is 28.8 Å². The van der Waals surface area contributed by atoms with E-state index in [1.165, 1.54) is 10.8 Å². The standard InChI is InChI=1S/C20H20ClN3O5.K/c1-3-24-10-13(16(19(24)22)20(26)27)14(25)8-9-15-17(21)18(23-29-15)11-4-6-12(28-2)7-5-11;/h4-7,10H,3,8-9,22H2,1-2H3,(H,26,27);/q;+1/p-1. The third kappa shape index (κ3) is 4.98. The molecule has 0 unspecified atom stereocenters.